The monoisotopic (exact) mass is 432 g/mol. The number of hydrogen-bond donors (Lipinski definition) is 0. The number of alkyl halides is 3. The van der Waals surface area contributed by atoms with Crippen molar-refractivity contribution in [1.82, 2.24) is 19.9 Å². The molecule has 1 saturated heterocycles. The third-order valence-corrected chi connectivity index (χ3v) is 5.22. The zero-order valence-corrected chi connectivity index (χ0v) is 16.6. The highest BCUT2D eigenvalue weighted by molar-refractivity contribution is 5.94. The van der Waals surface area contributed by atoms with Crippen LogP contribution >= 0.6 is 0 Å². The molecule has 10 heteroatoms. The Balaban J connectivity index is 1.43. The molecule has 7 nitrogen and oxygen atoms in total. The molecule has 0 bridgehead atoms. The summed E-state index contributed by atoms with van der Waals surface area (Å²) in [6.07, 6.45) is -0.249. The largest absolute Gasteiger partial charge is 0.573 e. The van der Waals surface area contributed by atoms with Gasteiger partial charge in [-0.15, -0.1) is 13.2 Å². The molecule has 1 aliphatic heterocycles. The molecular formula is C21H19F3N4O3. The number of methoxy groups -OCH3 is 1. The second-order valence-electron chi connectivity index (χ2n) is 7.14. The van der Waals surface area contributed by atoms with Crippen LogP contribution in [-0.2, 0) is 0 Å². The van der Waals surface area contributed by atoms with E-state index in [1.165, 1.54) is 18.5 Å². The molecule has 1 aromatic carbocycles. The van der Waals surface area contributed by atoms with Gasteiger partial charge in [0.25, 0.3) is 5.91 Å². The van der Waals surface area contributed by atoms with Crippen LogP contribution in [0.4, 0.5) is 13.2 Å². The second-order valence-corrected chi connectivity index (χ2v) is 7.14. The Morgan fingerprint density at radius 3 is 2.42 bits per heavy atom. The number of halogens is 3. The first-order valence-electron chi connectivity index (χ1n) is 9.64. The highest BCUT2D eigenvalue weighted by atomic mass is 19.4. The fourth-order valence-electron chi connectivity index (χ4n) is 3.69. The third kappa shape index (κ3) is 4.68. The molecule has 3 heterocycles. The van der Waals surface area contributed by atoms with Gasteiger partial charge >= 0.3 is 6.36 Å². The van der Waals surface area contributed by atoms with Gasteiger partial charge in [-0.1, -0.05) is 0 Å². The van der Waals surface area contributed by atoms with Gasteiger partial charge in [0.2, 0.25) is 0 Å². The summed E-state index contributed by atoms with van der Waals surface area (Å²) < 4.78 is 45.9. The summed E-state index contributed by atoms with van der Waals surface area (Å²) in [5.41, 5.74) is 2.57. The van der Waals surface area contributed by atoms with E-state index in [2.05, 4.69) is 19.7 Å². The lowest BCUT2D eigenvalue weighted by molar-refractivity contribution is -0.274. The lowest BCUT2D eigenvalue weighted by Crippen LogP contribution is -2.38. The minimum atomic E-state index is -4.77. The molecule has 1 amide bonds. The normalized spacial score (nSPS) is 15.2. The molecule has 4 rings (SSSR count). The number of carbonyl (C=O) groups excluding carboxylic acids is 1. The van der Waals surface area contributed by atoms with E-state index in [0.717, 1.165) is 17.8 Å². The van der Waals surface area contributed by atoms with E-state index in [0.29, 0.717) is 48.3 Å². The number of benzene rings is 1. The van der Waals surface area contributed by atoms with Gasteiger partial charge in [-0.05, 0) is 37.1 Å². The van der Waals surface area contributed by atoms with Crippen molar-refractivity contribution >= 4 is 16.9 Å². The first-order chi connectivity index (χ1) is 14.8. The zero-order valence-electron chi connectivity index (χ0n) is 16.6. The topological polar surface area (TPSA) is 77.4 Å². The molecule has 0 spiro atoms. The fourth-order valence-corrected chi connectivity index (χ4v) is 3.69. The minimum Gasteiger partial charge on any atom is -0.495 e. The fraction of sp³-hybridized carbons (Fsp3) is 0.333. The Morgan fingerprint density at radius 2 is 1.77 bits per heavy atom. The van der Waals surface area contributed by atoms with Crippen LogP contribution in [-0.4, -0.2) is 52.3 Å². The summed E-state index contributed by atoms with van der Waals surface area (Å²) in [7, 11) is 1.56. The SMILES string of the molecule is COc1cnc2c(C3CCN(C(=O)c4ccc(OC(F)(F)F)cc4)CC3)ncnc2c1. The van der Waals surface area contributed by atoms with Crippen molar-refractivity contribution in [2.45, 2.75) is 25.1 Å². The standard InChI is InChI=1S/C21H19F3N4O3/c1-30-16-10-17-19(25-11-16)18(27-12-26-17)13-6-8-28(9-7-13)20(29)14-2-4-15(5-3-14)31-21(22,23)24/h2-5,10-13H,6-9H2,1H3. The maximum Gasteiger partial charge on any atom is 0.573 e. The number of aromatic nitrogens is 3. The summed E-state index contributed by atoms with van der Waals surface area (Å²) in [5.74, 6) is 0.150. The van der Waals surface area contributed by atoms with Crippen molar-refractivity contribution in [2.75, 3.05) is 20.2 Å². The molecule has 3 aromatic rings. The summed E-state index contributed by atoms with van der Waals surface area (Å²) in [6.45, 7) is 1.01. The van der Waals surface area contributed by atoms with Crippen molar-refractivity contribution in [3.05, 3.63) is 54.1 Å². The molecule has 31 heavy (non-hydrogen) atoms. The van der Waals surface area contributed by atoms with Gasteiger partial charge in [-0.25, -0.2) is 15.0 Å². The quantitative estimate of drug-likeness (QED) is 0.621. The maximum atomic E-state index is 12.7. The molecule has 0 radical (unpaired) electrons. The first kappa shape index (κ1) is 20.8. The number of nitrogens with zero attached hydrogens (tertiary/aromatic N) is 4. The van der Waals surface area contributed by atoms with Gasteiger partial charge in [0.05, 0.1) is 24.5 Å². The molecule has 0 atom stereocenters. The van der Waals surface area contributed by atoms with Crippen LogP contribution in [0, 0.1) is 0 Å². The summed E-state index contributed by atoms with van der Waals surface area (Å²) in [5, 5.41) is 0. The van der Waals surface area contributed by atoms with Crippen molar-refractivity contribution in [1.29, 1.82) is 0 Å². The van der Waals surface area contributed by atoms with Crippen molar-refractivity contribution in [2.24, 2.45) is 0 Å². The van der Waals surface area contributed by atoms with Crippen LogP contribution in [0.15, 0.2) is 42.9 Å². The van der Waals surface area contributed by atoms with Gasteiger partial charge in [0.15, 0.2) is 0 Å². The van der Waals surface area contributed by atoms with Gasteiger partial charge in [0, 0.05) is 30.6 Å². The van der Waals surface area contributed by atoms with E-state index in [1.54, 1.807) is 24.3 Å². The minimum absolute atomic E-state index is 0.123. The predicted molar refractivity (Wildman–Crippen MR) is 105 cm³/mol. The number of pyridine rings is 1. The van der Waals surface area contributed by atoms with Gasteiger partial charge in [-0.2, -0.15) is 0 Å². The number of amides is 1. The van der Waals surface area contributed by atoms with E-state index in [1.807, 2.05) is 0 Å². The van der Waals surface area contributed by atoms with Gasteiger partial charge in [-0.3, -0.25) is 4.79 Å². The first-order valence-corrected chi connectivity index (χ1v) is 9.64. The summed E-state index contributed by atoms with van der Waals surface area (Å²) >= 11 is 0. The van der Waals surface area contributed by atoms with Crippen LogP contribution < -0.4 is 9.47 Å². The zero-order chi connectivity index (χ0) is 22.0. The molecular weight excluding hydrogens is 413 g/mol. The second kappa shape index (κ2) is 8.37. The number of rotatable bonds is 4. The average molecular weight is 432 g/mol. The summed E-state index contributed by atoms with van der Waals surface area (Å²) in [4.78, 5) is 27.6. The lowest BCUT2D eigenvalue weighted by atomic mass is 9.92. The highest BCUT2D eigenvalue weighted by Gasteiger charge is 2.31. The van der Waals surface area contributed by atoms with Crippen LogP contribution in [0.1, 0.15) is 34.8 Å². The van der Waals surface area contributed by atoms with Crippen LogP contribution in [0.3, 0.4) is 0 Å². The Hall–Kier alpha value is -3.43. The molecule has 162 valence electrons. The van der Waals surface area contributed by atoms with Crippen molar-refractivity contribution in [3.8, 4) is 11.5 Å². The van der Waals surface area contributed by atoms with Crippen LogP contribution in [0.5, 0.6) is 11.5 Å². The number of piperidine rings is 1. The average Bonchev–Trinajstić information content (AvgIpc) is 2.77. The molecule has 1 aliphatic rings. The number of ether oxygens (including phenoxy) is 2. The molecule has 2 aromatic heterocycles. The lowest BCUT2D eigenvalue weighted by Gasteiger charge is -2.32. The van der Waals surface area contributed by atoms with Crippen LogP contribution in [0.25, 0.3) is 11.0 Å². The van der Waals surface area contributed by atoms with Gasteiger partial charge < -0.3 is 14.4 Å². The number of carbonyl (C=O) groups is 1. The smallest absolute Gasteiger partial charge is 0.495 e. The number of hydrogen-bond acceptors (Lipinski definition) is 6. The van der Waals surface area contributed by atoms with E-state index < -0.39 is 6.36 Å². The predicted octanol–water partition coefficient (Wildman–Crippen LogP) is 3.95. The van der Waals surface area contributed by atoms with Gasteiger partial charge in [0.1, 0.15) is 23.3 Å². The Bertz CT molecular complexity index is 1080. The summed E-state index contributed by atoms with van der Waals surface area (Å²) in [6, 6.07) is 6.76. The Morgan fingerprint density at radius 1 is 1.06 bits per heavy atom. The van der Waals surface area contributed by atoms with Crippen molar-refractivity contribution < 1.29 is 27.4 Å². The molecule has 0 unspecified atom stereocenters. The number of fused-ring (bicyclic) bond motifs is 1. The maximum absolute atomic E-state index is 12.7. The molecule has 0 N–H and O–H groups in total. The Labute approximate surface area is 175 Å². The highest BCUT2D eigenvalue weighted by Crippen LogP contribution is 2.31. The van der Waals surface area contributed by atoms with Crippen molar-refractivity contribution in [3.63, 3.8) is 0 Å². The number of likely N-dealkylation sites (tertiary alicyclic amines) is 1. The van der Waals surface area contributed by atoms with E-state index in [9.17, 15) is 18.0 Å². The van der Waals surface area contributed by atoms with E-state index >= 15 is 0 Å². The van der Waals surface area contributed by atoms with E-state index in [-0.39, 0.29) is 17.6 Å². The molecule has 0 aliphatic carbocycles. The Kier molecular flexibility index (Phi) is 5.62. The molecule has 1 fully saturated rings. The van der Waals surface area contributed by atoms with Crippen LogP contribution in [0.2, 0.25) is 0 Å². The van der Waals surface area contributed by atoms with E-state index in [4.69, 9.17) is 4.74 Å². The molecule has 0 saturated carbocycles. The third-order valence-electron chi connectivity index (χ3n) is 5.22.